The van der Waals surface area contributed by atoms with Gasteiger partial charge in [0.1, 0.15) is 17.2 Å². The summed E-state index contributed by atoms with van der Waals surface area (Å²) in [4.78, 5) is 17.4. The van der Waals surface area contributed by atoms with Crippen molar-refractivity contribution in [3.63, 3.8) is 0 Å². The van der Waals surface area contributed by atoms with E-state index in [4.69, 9.17) is 14.2 Å². The van der Waals surface area contributed by atoms with Gasteiger partial charge in [-0.1, -0.05) is 84.0 Å². The Hall–Kier alpha value is -4.71. The minimum absolute atomic E-state index is 0.264. The molecule has 6 nitrogen and oxygen atoms in total. The van der Waals surface area contributed by atoms with Crippen LogP contribution in [0.2, 0.25) is 0 Å². The molecule has 0 spiro atoms. The maximum Gasteiger partial charge on any atom is 0.313 e. The van der Waals surface area contributed by atoms with E-state index in [0.717, 1.165) is 39.2 Å². The van der Waals surface area contributed by atoms with Crippen LogP contribution in [0.15, 0.2) is 102 Å². The number of hydrogen-bond acceptors (Lipinski definition) is 6. The molecule has 3 aromatic carbocycles. The lowest BCUT2D eigenvalue weighted by molar-refractivity contribution is -0.144. The molecule has 0 aliphatic carbocycles. The normalized spacial score (nSPS) is 11.7. The highest BCUT2D eigenvalue weighted by Gasteiger charge is 2.23. The van der Waals surface area contributed by atoms with Crippen molar-refractivity contribution in [2.45, 2.75) is 26.7 Å². The molecule has 0 aliphatic heterocycles. The van der Waals surface area contributed by atoms with Crippen LogP contribution < -0.4 is 5.32 Å². The van der Waals surface area contributed by atoms with Crippen LogP contribution in [0.4, 0.5) is 11.5 Å². The van der Waals surface area contributed by atoms with Gasteiger partial charge in [-0.2, -0.15) is 0 Å². The number of carbonyl (C=O) groups is 1. The van der Waals surface area contributed by atoms with Crippen molar-refractivity contribution >= 4 is 17.5 Å². The van der Waals surface area contributed by atoms with Crippen molar-refractivity contribution in [1.82, 2.24) is 10.1 Å². The number of ether oxygens (including phenoxy) is 1. The lowest BCUT2D eigenvalue weighted by Gasteiger charge is -2.16. The summed E-state index contributed by atoms with van der Waals surface area (Å²) >= 11 is 0. The standard InChI is InChI=1S/C32H29N3O3/c1-4-37-32(36)21(2)25-18-19-26(23-12-7-5-8-13-23)27(20-25)31-30(22(3)35-38-31)34-29-17-11-16-28(33-29)24-14-9-6-10-15-24/h5-21H,4H2,1-3H3,(H,33,34). The molecular weight excluding hydrogens is 474 g/mol. The first-order valence-corrected chi connectivity index (χ1v) is 12.7. The zero-order chi connectivity index (χ0) is 26.5. The summed E-state index contributed by atoms with van der Waals surface area (Å²) in [5.41, 5.74) is 6.98. The molecule has 1 unspecified atom stereocenters. The Kier molecular flexibility index (Phi) is 7.31. The van der Waals surface area contributed by atoms with Crippen LogP contribution in [0.1, 0.15) is 31.0 Å². The summed E-state index contributed by atoms with van der Waals surface area (Å²) in [5.74, 6) is 0.561. The minimum atomic E-state index is -0.428. The van der Waals surface area contributed by atoms with Crippen molar-refractivity contribution < 1.29 is 14.1 Å². The molecule has 38 heavy (non-hydrogen) atoms. The van der Waals surface area contributed by atoms with Gasteiger partial charge in [-0.15, -0.1) is 0 Å². The van der Waals surface area contributed by atoms with E-state index in [2.05, 4.69) is 22.6 Å². The minimum Gasteiger partial charge on any atom is -0.466 e. The molecule has 0 bridgehead atoms. The largest absolute Gasteiger partial charge is 0.466 e. The molecule has 2 heterocycles. The van der Waals surface area contributed by atoms with Crippen molar-refractivity contribution in [2.75, 3.05) is 11.9 Å². The monoisotopic (exact) mass is 503 g/mol. The predicted molar refractivity (Wildman–Crippen MR) is 150 cm³/mol. The maximum absolute atomic E-state index is 12.5. The van der Waals surface area contributed by atoms with E-state index < -0.39 is 5.92 Å². The van der Waals surface area contributed by atoms with Crippen molar-refractivity contribution in [2.24, 2.45) is 0 Å². The summed E-state index contributed by atoms with van der Waals surface area (Å²) in [5, 5.41) is 7.73. The Balaban J connectivity index is 1.59. The quantitative estimate of drug-likeness (QED) is 0.218. The number of esters is 1. The summed E-state index contributed by atoms with van der Waals surface area (Å²) in [6, 6.07) is 32.0. The Morgan fingerprint density at radius 1 is 0.895 bits per heavy atom. The molecule has 190 valence electrons. The van der Waals surface area contributed by atoms with Gasteiger partial charge in [-0.05, 0) is 55.7 Å². The van der Waals surface area contributed by atoms with Gasteiger partial charge in [0, 0.05) is 11.1 Å². The zero-order valence-electron chi connectivity index (χ0n) is 21.6. The topological polar surface area (TPSA) is 77.2 Å². The second-order valence-electron chi connectivity index (χ2n) is 9.02. The molecule has 0 amide bonds. The highest BCUT2D eigenvalue weighted by atomic mass is 16.5. The van der Waals surface area contributed by atoms with Crippen LogP contribution in [0.3, 0.4) is 0 Å². The van der Waals surface area contributed by atoms with Crippen LogP contribution in [-0.2, 0) is 9.53 Å². The van der Waals surface area contributed by atoms with Gasteiger partial charge in [0.2, 0.25) is 0 Å². The molecule has 0 aliphatic rings. The number of anilines is 2. The SMILES string of the molecule is CCOC(=O)C(C)c1ccc(-c2ccccc2)c(-c2onc(C)c2Nc2cccc(-c3ccccc3)n2)c1. The first kappa shape index (κ1) is 25.0. The molecule has 1 atom stereocenters. The molecule has 0 radical (unpaired) electrons. The van der Waals surface area contributed by atoms with Crippen LogP contribution in [0, 0.1) is 6.92 Å². The molecule has 0 fully saturated rings. The average molecular weight is 504 g/mol. The van der Waals surface area contributed by atoms with Crippen molar-refractivity contribution in [1.29, 1.82) is 0 Å². The Labute approximate surface area is 222 Å². The van der Waals surface area contributed by atoms with Crippen LogP contribution in [0.5, 0.6) is 0 Å². The van der Waals surface area contributed by atoms with E-state index in [1.165, 1.54) is 0 Å². The highest BCUT2D eigenvalue weighted by Crippen LogP contribution is 2.40. The molecule has 2 aromatic heterocycles. The number of nitrogens with zero attached hydrogens (tertiary/aromatic N) is 2. The van der Waals surface area contributed by atoms with E-state index >= 15 is 0 Å². The van der Waals surface area contributed by atoms with E-state index in [1.54, 1.807) is 0 Å². The lowest BCUT2D eigenvalue weighted by atomic mass is 9.91. The number of nitrogens with one attached hydrogen (secondary N) is 1. The number of rotatable bonds is 8. The second kappa shape index (κ2) is 11.1. The van der Waals surface area contributed by atoms with Gasteiger partial charge in [0.25, 0.3) is 0 Å². The smallest absolute Gasteiger partial charge is 0.313 e. The fourth-order valence-corrected chi connectivity index (χ4v) is 4.39. The summed E-state index contributed by atoms with van der Waals surface area (Å²) in [6.07, 6.45) is 0. The summed E-state index contributed by atoms with van der Waals surface area (Å²) < 4.78 is 11.2. The number of hydrogen-bond donors (Lipinski definition) is 1. The Morgan fingerprint density at radius 3 is 2.32 bits per heavy atom. The van der Waals surface area contributed by atoms with E-state index in [9.17, 15) is 4.79 Å². The predicted octanol–water partition coefficient (Wildman–Crippen LogP) is 7.79. The third-order valence-electron chi connectivity index (χ3n) is 6.45. The average Bonchev–Trinajstić information content (AvgIpc) is 3.33. The maximum atomic E-state index is 12.5. The Morgan fingerprint density at radius 2 is 1.61 bits per heavy atom. The van der Waals surface area contributed by atoms with Gasteiger partial charge in [-0.3, -0.25) is 4.79 Å². The molecule has 0 saturated carbocycles. The number of benzene rings is 3. The van der Waals surface area contributed by atoms with E-state index in [0.29, 0.717) is 23.9 Å². The molecule has 1 N–H and O–H groups in total. The van der Waals surface area contributed by atoms with Crippen molar-refractivity contribution in [3.05, 3.63) is 108 Å². The Bertz CT molecular complexity index is 1550. The molecule has 5 aromatic rings. The van der Waals surface area contributed by atoms with Gasteiger partial charge in [0.15, 0.2) is 5.76 Å². The first-order valence-electron chi connectivity index (χ1n) is 12.7. The summed E-state index contributed by atoms with van der Waals surface area (Å²) in [6.45, 7) is 5.89. The first-order chi connectivity index (χ1) is 18.5. The fraction of sp³-hybridized carbons (Fsp3) is 0.156. The molecule has 6 heteroatoms. The highest BCUT2D eigenvalue weighted by molar-refractivity contribution is 5.89. The third kappa shape index (κ3) is 5.20. The van der Waals surface area contributed by atoms with Crippen LogP contribution >= 0.6 is 0 Å². The zero-order valence-corrected chi connectivity index (χ0v) is 21.6. The van der Waals surface area contributed by atoms with E-state index in [1.807, 2.05) is 106 Å². The molecular formula is C32H29N3O3. The second-order valence-corrected chi connectivity index (χ2v) is 9.02. The van der Waals surface area contributed by atoms with Crippen molar-refractivity contribution in [3.8, 4) is 33.7 Å². The van der Waals surface area contributed by atoms with Crippen LogP contribution in [0.25, 0.3) is 33.7 Å². The van der Waals surface area contributed by atoms with Gasteiger partial charge in [0.05, 0.1) is 18.2 Å². The van der Waals surface area contributed by atoms with Gasteiger partial charge >= 0.3 is 5.97 Å². The fourth-order valence-electron chi connectivity index (χ4n) is 4.39. The third-order valence-corrected chi connectivity index (χ3v) is 6.45. The number of pyridine rings is 1. The van der Waals surface area contributed by atoms with Gasteiger partial charge in [-0.25, -0.2) is 4.98 Å². The summed E-state index contributed by atoms with van der Waals surface area (Å²) in [7, 11) is 0. The molecule has 0 saturated heterocycles. The number of aryl methyl sites for hydroxylation is 1. The number of aromatic nitrogens is 2. The van der Waals surface area contributed by atoms with Crippen LogP contribution in [-0.4, -0.2) is 22.7 Å². The number of carbonyl (C=O) groups excluding carboxylic acids is 1. The molecule has 5 rings (SSSR count). The van der Waals surface area contributed by atoms with Gasteiger partial charge < -0.3 is 14.6 Å². The van der Waals surface area contributed by atoms with E-state index in [-0.39, 0.29) is 5.97 Å². The lowest BCUT2D eigenvalue weighted by Crippen LogP contribution is -2.13.